The predicted octanol–water partition coefficient (Wildman–Crippen LogP) is 3.87. The number of anilines is 1. The van der Waals surface area contributed by atoms with Crippen LogP contribution >= 0.6 is 0 Å². The van der Waals surface area contributed by atoms with Crippen LogP contribution in [0.5, 0.6) is 5.75 Å². The summed E-state index contributed by atoms with van der Waals surface area (Å²) < 4.78 is 10.5. The van der Waals surface area contributed by atoms with E-state index in [0.717, 1.165) is 17.5 Å². The van der Waals surface area contributed by atoms with Gasteiger partial charge < -0.3 is 14.8 Å². The normalized spacial score (nSPS) is 10.1. The van der Waals surface area contributed by atoms with Gasteiger partial charge in [-0.05, 0) is 54.1 Å². The summed E-state index contributed by atoms with van der Waals surface area (Å²) in [5.74, 6) is -0.259. The minimum absolute atomic E-state index is 0.0762. The van der Waals surface area contributed by atoms with Gasteiger partial charge in [0.1, 0.15) is 18.6 Å². The highest BCUT2D eigenvalue weighted by molar-refractivity contribution is 6.04. The standard InChI is InChI=1S/C23H19NO5/c25-14-17-8-12-21(13-9-17)28-16-22(26)29-15-18-6-10-19(11-7-18)23(27)24-20-4-2-1-3-5-20/h1-14H,15-16H2,(H,24,27). The predicted molar refractivity (Wildman–Crippen MR) is 108 cm³/mol. The SMILES string of the molecule is O=Cc1ccc(OCC(=O)OCc2ccc(C(=O)Nc3ccccc3)cc2)cc1. The lowest BCUT2D eigenvalue weighted by Gasteiger charge is -2.08. The van der Waals surface area contributed by atoms with Crippen LogP contribution in [-0.4, -0.2) is 24.8 Å². The van der Waals surface area contributed by atoms with E-state index in [1.54, 1.807) is 48.5 Å². The molecular formula is C23H19NO5. The van der Waals surface area contributed by atoms with Gasteiger partial charge in [0.05, 0.1) is 0 Å². The Morgan fingerprint density at radius 2 is 1.55 bits per heavy atom. The molecule has 0 radical (unpaired) electrons. The molecule has 0 aliphatic rings. The molecule has 0 atom stereocenters. The van der Waals surface area contributed by atoms with Crippen LogP contribution in [0.15, 0.2) is 78.9 Å². The van der Waals surface area contributed by atoms with Crippen molar-refractivity contribution in [1.29, 1.82) is 0 Å². The number of benzene rings is 3. The molecule has 0 aliphatic heterocycles. The Hall–Kier alpha value is -3.93. The van der Waals surface area contributed by atoms with Gasteiger partial charge in [0.2, 0.25) is 0 Å². The van der Waals surface area contributed by atoms with Crippen molar-refractivity contribution >= 4 is 23.9 Å². The van der Waals surface area contributed by atoms with Crippen LogP contribution in [0.25, 0.3) is 0 Å². The average molecular weight is 389 g/mol. The van der Waals surface area contributed by atoms with E-state index in [9.17, 15) is 14.4 Å². The molecule has 1 N–H and O–H groups in total. The van der Waals surface area contributed by atoms with Gasteiger partial charge in [0.15, 0.2) is 6.61 Å². The first-order valence-corrected chi connectivity index (χ1v) is 8.93. The van der Waals surface area contributed by atoms with Crippen molar-refractivity contribution in [3.63, 3.8) is 0 Å². The molecule has 6 heteroatoms. The number of nitrogens with one attached hydrogen (secondary N) is 1. The first kappa shape index (κ1) is 19.8. The van der Waals surface area contributed by atoms with Gasteiger partial charge in [0, 0.05) is 16.8 Å². The number of hydrogen-bond acceptors (Lipinski definition) is 5. The Morgan fingerprint density at radius 1 is 0.862 bits per heavy atom. The molecule has 6 nitrogen and oxygen atoms in total. The molecule has 3 aromatic rings. The van der Waals surface area contributed by atoms with E-state index in [4.69, 9.17) is 9.47 Å². The summed E-state index contributed by atoms with van der Waals surface area (Å²) >= 11 is 0. The lowest BCUT2D eigenvalue weighted by molar-refractivity contribution is -0.147. The fraction of sp³-hybridized carbons (Fsp3) is 0.0870. The van der Waals surface area contributed by atoms with Gasteiger partial charge in [-0.3, -0.25) is 9.59 Å². The van der Waals surface area contributed by atoms with E-state index < -0.39 is 5.97 Å². The molecule has 0 saturated heterocycles. The molecule has 0 spiro atoms. The molecular weight excluding hydrogens is 370 g/mol. The maximum absolute atomic E-state index is 12.2. The van der Waals surface area contributed by atoms with Crippen LogP contribution in [-0.2, 0) is 16.1 Å². The maximum atomic E-state index is 12.2. The van der Waals surface area contributed by atoms with Crippen LogP contribution in [0.1, 0.15) is 26.3 Å². The van der Waals surface area contributed by atoms with Gasteiger partial charge in [-0.1, -0.05) is 30.3 Å². The van der Waals surface area contributed by atoms with E-state index in [0.29, 0.717) is 16.9 Å². The molecule has 146 valence electrons. The van der Waals surface area contributed by atoms with Crippen molar-refractivity contribution in [3.8, 4) is 5.75 Å². The quantitative estimate of drug-likeness (QED) is 0.467. The number of rotatable bonds is 8. The molecule has 0 heterocycles. The van der Waals surface area contributed by atoms with E-state index in [-0.39, 0.29) is 19.1 Å². The van der Waals surface area contributed by atoms with E-state index in [1.807, 2.05) is 30.3 Å². The third-order valence-electron chi connectivity index (χ3n) is 4.02. The fourth-order valence-corrected chi connectivity index (χ4v) is 2.47. The molecule has 0 unspecified atom stereocenters. The molecule has 3 aromatic carbocycles. The monoisotopic (exact) mass is 389 g/mol. The molecule has 0 bridgehead atoms. The fourth-order valence-electron chi connectivity index (χ4n) is 2.47. The van der Waals surface area contributed by atoms with E-state index >= 15 is 0 Å². The zero-order valence-corrected chi connectivity index (χ0v) is 15.5. The summed E-state index contributed by atoms with van der Waals surface area (Å²) in [6.45, 7) is -0.162. The lowest BCUT2D eigenvalue weighted by atomic mass is 10.1. The Morgan fingerprint density at radius 3 is 2.21 bits per heavy atom. The summed E-state index contributed by atoms with van der Waals surface area (Å²) in [5, 5.41) is 2.81. The number of hydrogen-bond donors (Lipinski definition) is 1. The number of esters is 1. The first-order chi connectivity index (χ1) is 14.1. The number of carbonyl (C=O) groups is 3. The number of carbonyl (C=O) groups excluding carboxylic acids is 3. The second-order valence-corrected chi connectivity index (χ2v) is 6.15. The Kier molecular flexibility index (Phi) is 6.73. The topological polar surface area (TPSA) is 81.7 Å². The van der Waals surface area contributed by atoms with Crippen LogP contribution in [0.3, 0.4) is 0 Å². The Balaban J connectivity index is 1.44. The van der Waals surface area contributed by atoms with Crippen molar-refractivity contribution < 1.29 is 23.9 Å². The van der Waals surface area contributed by atoms with Crippen molar-refractivity contribution in [3.05, 3.63) is 95.6 Å². The van der Waals surface area contributed by atoms with Crippen LogP contribution < -0.4 is 10.1 Å². The van der Waals surface area contributed by atoms with Crippen LogP contribution in [0.2, 0.25) is 0 Å². The lowest BCUT2D eigenvalue weighted by Crippen LogP contribution is -2.15. The molecule has 0 aliphatic carbocycles. The van der Waals surface area contributed by atoms with E-state index in [1.165, 1.54) is 0 Å². The smallest absolute Gasteiger partial charge is 0.344 e. The van der Waals surface area contributed by atoms with Gasteiger partial charge in [-0.2, -0.15) is 0 Å². The minimum Gasteiger partial charge on any atom is -0.482 e. The van der Waals surface area contributed by atoms with Gasteiger partial charge in [0.25, 0.3) is 5.91 Å². The highest BCUT2D eigenvalue weighted by Gasteiger charge is 2.08. The molecule has 29 heavy (non-hydrogen) atoms. The summed E-state index contributed by atoms with van der Waals surface area (Å²) in [7, 11) is 0. The molecule has 1 amide bonds. The second kappa shape index (κ2) is 9.85. The molecule has 0 aromatic heterocycles. The average Bonchev–Trinajstić information content (AvgIpc) is 2.77. The minimum atomic E-state index is -0.518. The first-order valence-electron chi connectivity index (χ1n) is 8.93. The third kappa shape index (κ3) is 6.04. The summed E-state index contributed by atoms with van der Waals surface area (Å²) in [6.07, 6.45) is 0.731. The van der Waals surface area contributed by atoms with Gasteiger partial charge in [-0.25, -0.2) is 4.79 Å². The number of ether oxygens (including phenoxy) is 2. The summed E-state index contributed by atoms with van der Waals surface area (Å²) in [5.41, 5.74) is 2.51. The highest BCUT2D eigenvalue weighted by atomic mass is 16.6. The second-order valence-electron chi connectivity index (χ2n) is 6.15. The zero-order valence-electron chi connectivity index (χ0n) is 15.5. The number of aldehydes is 1. The number of para-hydroxylation sites is 1. The van der Waals surface area contributed by atoms with Crippen molar-refractivity contribution in [2.45, 2.75) is 6.61 Å². The molecule has 0 fully saturated rings. The highest BCUT2D eigenvalue weighted by Crippen LogP contribution is 2.12. The van der Waals surface area contributed by atoms with Gasteiger partial charge in [-0.15, -0.1) is 0 Å². The Labute approximate surface area is 168 Å². The third-order valence-corrected chi connectivity index (χ3v) is 4.02. The summed E-state index contributed by atoms with van der Waals surface area (Å²) in [4.78, 5) is 34.7. The van der Waals surface area contributed by atoms with Gasteiger partial charge >= 0.3 is 5.97 Å². The number of amides is 1. The largest absolute Gasteiger partial charge is 0.482 e. The van der Waals surface area contributed by atoms with Crippen molar-refractivity contribution in [2.24, 2.45) is 0 Å². The summed E-state index contributed by atoms with van der Waals surface area (Å²) in [6, 6.07) is 22.4. The maximum Gasteiger partial charge on any atom is 0.344 e. The van der Waals surface area contributed by atoms with Crippen LogP contribution in [0, 0.1) is 0 Å². The molecule has 0 saturated carbocycles. The van der Waals surface area contributed by atoms with E-state index in [2.05, 4.69) is 5.32 Å². The van der Waals surface area contributed by atoms with Crippen molar-refractivity contribution in [2.75, 3.05) is 11.9 Å². The Bertz CT molecular complexity index is 966. The van der Waals surface area contributed by atoms with Crippen molar-refractivity contribution in [1.82, 2.24) is 0 Å². The zero-order chi connectivity index (χ0) is 20.5. The van der Waals surface area contributed by atoms with Crippen LogP contribution in [0.4, 0.5) is 5.69 Å². The molecule has 3 rings (SSSR count).